The molecule has 0 saturated carbocycles. The summed E-state index contributed by atoms with van der Waals surface area (Å²) in [6.45, 7) is -0.392. The first kappa shape index (κ1) is 11.9. The van der Waals surface area contributed by atoms with E-state index in [1.54, 1.807) is 0 Å². The van der Waals surface area contributed by atoms with Gasteiger partial charge in [-0.3, -0.25) is 5.10 Å². The molecule has 86 valence electrons. The number of aromatic amines is 1. The molecular weight excluding hydrogens is 237 g/mol. The van der Waals surface area contributed by atoms with Crippen LogP contribution in [-0.4, -0.2) is 35.7 Å². The number of nitrogens with zero attached hydrogens (tertiary/aromatic N) is 2. The lowest BCUT2D eigenvalue weighted by Gasteiger charge is -2.08. The van der Waals surface area contributed by atoms with Crippen molar-refractivity contribution in [2.24, 2.45) is 0 Å². The minimum absolute atomic E-state index is 0.00924. The molecule has 0 aliphatic rings. The molecule has 1 heterocycles. The van der Waals surface area contributed by atoms with Crippen molar-refractivity contribution < 1.29 is 21.6 Å². The number of rotatable bonds is 4. The van der Waals surface area contributed by atoms with Crippen LogP contribution in [0.15, 0.2) is 6.33 Å². The van der Waals surface area contributed by atoms with Gasteiger partial charge in [0.25, 0.3) is 0 Å². The number of nitrogens with one attached hydrogen (secondary N) is 2. The topological polar surface area (TPSA) is 87.7 Å². The molecule has 0 aliphatic carbocycles. The summed E-state index contributed by atoms with van der Waals surface area (Å²) in [6, 6.07) is 0. The van der Waals surface area contributed by atoms with Crippen LogP contribution in [0.3, 0.4) is 0 Å². The minimum Gasteiger partial charge on any atom is -0.263 e. The predicted molar refractivity (Wildman–Crippen MR) is 43.1 cm³/mol. The highest BCUT2D eigenvalue weighted by atomic mass is 32.2. The fourth-order valence-corrected chi connectivity index (χ4v) is 1.27. The normalized spacial score (nSPS) is 13.0. The van der Waals surface area contributed by atoms with E-state index in [2.05, 4.69) is 15.2 Å². The third kappa shape index (κ3) is 3.16. The first-order valence-corrected chi connectivity index (χ1v) is 5.21. The van der Waals surface area contributed by atoms with Crippen LogP contribution in [0.5, 0.6) is 0 Å². The summed E-state index contributed by atoms with van der Waals surface area (Å²) in [6.07, 6.45) is 1.18. The lowest BCUT2D eigenvalue weighted by Crippen LogP contribution is -2.37. The second-order valence-corrected chi connectivity index (χ2v) is 4.28. The molecular formula is C5H7F3N4O2S. The summed E-state index contributed by atoms with van der Waals surface area (Å²) in [5, 5.41) is 5.84. The van der Waals surface area contributed by atoms with Crippen LogP contribution in [0.4, 0.5) is 13.2 Å². The Labute approximate surface area is 83.0 Å². The molecule has 15 heavy (non-hydrogen) atoms. The number of halogens is 3. The van der Waals surface area contributed by atoms with Gasteiger partial charge in [0.15, 0.2) is 0 Å². The van der Waals surface area contributed by atoms with E-state index in [-0.39, 0.29) is 6.42 Å². The van der Waals surface area contributed by atoms with Gasteiger partial charge in [0.1, 0.15) is 12.2 Å². The number of aromatic nitrogens is 3. The zero-order valence-electron chi connectivity index (χ0n) is 7.24. The maximum absolute atomic E-state index is 11.8. The minimum atomic E-state index is -5.28. The van der Waals surface area contributed by atoms with E-state index >= 15 is 0 Å². The maximum Gasteiger partial charge on any atom is 0.511 e. The van der Waals surface area contributed by atoms with Crippen LogP contribution < -0.4 is 4.72 Å². The molecule has 0 aliphatic heterocycles. The first-order valence-electron chi connectivity index (χ1n) is 3.73. The van der Waals surface area contributed by atoms with Crippen LogP contribution in [0.1, 0.15) is 5.82 Å². The predicted octanol–water partition coefficient (Wildman–Crippen LogP) is -0.214. The second-order valence-electron chi connectivity index (χ2n) is 2.53. The summed E-state index contributed by atoms with van der Waals surface area (Å²) < 4.78 is 57.8. The highest BCUT2D eigenvalue weighted by molar-refractivity contribution is 7.90. The molecule has 1 aromatic rings. The number of hydrogen-bond donors (Lipinski definition) is 2. The SMILES string of the molecule is O=S(=O)(NCCc1ncn[nH]1)C(F)(F)F. The molecule has 0 amide bonds. The van der Waals surface area contributed by atoms with E-state index in [1.807, 2.05) is 0 Å². The standard InChI is InChI=1S/C5H7F3N4O2S/c6-5(7,8)15(13,14)11-2-1-4-9-3-10-12-4/h3,11H,1-2H2,(H,9,10,12). The van der Waals surface area contributed by atoms with Crippen LogP contribution >= 0.6 is 0 Å². The summed E-state index contributed by atoms with van der Waals surface area (Å²) >= 11 is 0. The molecule has 0 spiro atoms. The van der Waals surface area contributed by atoms with E-state index in [1.165, 1.54) is 11.0 Å². The average molecular weight is 244 g/mol. The van der Waals surface area contributed by atoms with Gasteiger partial charge in [0.2, 0.25) is 0 Å². The van der Waals surface area contributed by atoms with Crippen LogP contribution in [-0.2, 0) is 16.4 Å². The summed E-state index contributed by atoms with van der Waals surface area (Å²) in [5.74, 6) is 0.305. The molecule has 10 heteroatoms. The number of alkyl halides is 3. The fourth-order valence-electron chi connectivity index (χ4n) is 0.737. The van der Waals surface area contributed by atoms with E-state index in [9.17, 15) is 21.6 Å². The Balaban J connectivity index is 2.45. The lowest BCUT2D eigenvalue weighted by atomic mass is 10.4. The molecule has 1 rings (SSSR count). The summed E-state index contributed by atoms with van der Waals surface area (Å²) in [5.41, 5.74) is -5.28. The Morgan fingerprint density at radius 2 is 2.13 bits per heavy atom. The quantitative estimate of drug-likeness (QED) is 0.766. The van der Waals surface area contributed by atoms with Crippen molar-refractivity contribution in [3.05, 3.63) is 12.2 Å². The van der Waals surface area contributed by atoms with Crippen LogP contribution in [0, 0.1) is 0 Å². The molecule has 6 nitrogen and oxygen atoms in total. The van der Waals surface area contributed by atoms with Crippen molar-refractivity contribution in [3.8, 4) is 0 Å². The number of H-pyrrole nitrogens is 1. The molecule has 0 saturated heterocycles. The molecule has 0 radical (unpaired) electrons. The van der Waals surface area contributed by atoms with Crippen molar-refractivity contribution in [1.82, 2.24) is 19.9 Å². The Morgan fingerprint density at radius 1 is 1.47 bits per heavy atom. The smallest absolute Gasteiger partial charge is 0.263 e. The van der Waals surface area contributed by atoms with Gasteiger partial charge in [0, 0.05) is 13.0 Å². The zero-order chi connectivity index (χ0) is 11.5. The molecule has 0 fully saturated rings. The van der Waals surface area contributed by atoms with Gasteiger partial charge in [-0.05, 0) is 0 Å². The second kappa shape index (κ2) is 4.14. The zero-order valence-corrected chi connectivity index (χ0v) is 8.06. The third-order valence-corrected chi connectivity index (χ3v) is 2.62. The van der Waals surface area contributed by atoms with E-state index < -0.39 is 22.1 Å². The highest BCUT2D eigenvalue weighted by Gasteiger charge is 2.45. The Morgan fingerprint density at radius 3 is 2.60 bits per heavy atom. The van der Waals surface area contributed by atoms with Gasteiger partial charge >= 0.3 is 15.5 Å². The fraction of sp³-hybridized carbons (Fsp3) is 0.600. The Kier molecular flexibility index (Phi) is 3.29. The first-order chi connectivity index (χ1) is 6.83. The average Bonchev–Trinajstić information content (AvgIpc) is 2.54. The van der Waals surface area contributed by atoms with Gasteiger partial charge in [0.05, 0.1) is 0 Å². The van der Waals surface area contributed by atoms with Crippen LogP contribution in [0.25, 0.3) is 0 Å². The Hall–Kier alpha value is -1.16. The Bertz CT molecular complexity index is 398. The van der Waals surface area contributed by atoms with E-state index in [0.717, 1.165) is 0 Å². The van der Waals surface area contributed by atoms with Gasteiger partial charge in [-0.2, -0.15) is 18.3 Å². The van der Waals surface area contributed by atoms with Crippen molar-refractivity contribution in [2.45, 2.75) is 11.9 Å². The highest BCUT2D eigenvalue weighted by Crippen LogP contribution is 2.21. The molecule has 2 N–H and O–H groups in total. The summed E-state index contributed by atoms with van der Waals surface area (Å²) in [4.78, 5) is 3.62. The lowest BCUT2D eigenvalue weighted by molar-refractivity contribution is -0.0447. The van der Waals surface area contributed by atoms with Crippen molar-refractivity contribution in [3.63, 3.8) is 0 Å². The number of hydrogen-bond acceptors (Lipinski definition) is 4. The molecule has 0 aromatic carbocycles. The van der Waals surface area contributed by atoms with Crippen molar-refractivity contribution in [1.29, 1.82) is 0 Å². The molecule has 0 atom stereocenters. The molecule has 1 aromatic heterocycles. The van der Waals surface area contributed by atoms with Gasteiger partial charge in [-0.25, -0.2) is 18.1 Å². The monoisotopic (exact) mass is 244 g/mol. The van der Waals surface area contributed by atoms with Crippen molar-refractivity contribution in [2.75, 3.05) is 6.54 Å². The largest absolute Gasteiger partial charge is 0.511 e. The maximum atomic E-state index is 11.8. The van der Waals surface area contributed by atoms with E-state index in [0.29, 0.717) is 5.82 Å². The van der Waals surface area contributed by atoms with E-state index in [4.69, 9.17) is 0 Å². The molecule has 0 bridgehead atoms. The van der Waals surface area contributed by atoms with Gasteiger partial charge < -0.3 is 0 Å². The van der Waals surface area contributed by atoms with Crippen molar-refractivity contribution >= 4 is 10.0 Å². The molecule has 0 unspecified atom stereocenters. The van der Waals surface area contributed by atoms with Gasteiger partial charge in [-0.15, -0.1) is 0 Å². The van der Waals surface area contributed by atoms with Gasteiger partial charge in [-0.1, -0.05) is 0 Å². The van der Waals surface area contributed by atoms with Crippen LogP contribution in [0.2, 0.25) is 0 Å². The summed E-state index contributed by atoms with van der Waals surface area (Å²) in [7, 11) is -5.26. The number of sulfonamides is 1. The third-order valence-electron chi connectivity index (χ3n) is 1.42.